The van der Waals surface area contributed by atoms with Gasteiger partial charge >= 0.3 is 11.0 Å². The second-order valence-electron chi connectivity index (χ2n) is 9.66. The minimum Gasteiger partial charge on any atom is -0.325 e. The van der Waals surface area contributed by atoms with Gasteiger partial charge in [-0.05, 0) is 48.7 Å². The van der Waals surface area contributed by atoms with Crippen LogP contribution in [0.4, 0.5) is 24.5 Å². The molecule has 2 aromatic heterocycles. The van der Waals surface area contributed by atoms with Crippen molar-refractivity contribution < 1.29 is 27.6 Å². The molecule has 2 aliphatic heterocycles. The highest BCUT2D eigenvalue weighted by Gasteiger charge is 2.57. The van der Waals surface area contributed by atoms with Crippen molar-refractivity contribution in [2.24, 2.45) is 5.92 Å². The predicted octanol–water partition coefficient (Wildman–Crippen LogP) is 5.73. The van der Waals surface area contributed by atoms with E-state index in [-0.39, 0.29) is 12.2 Å². The fourth-order valence-electron chi connectivity index (χ4n) is 5.09. The lowest BCUT2D eigenvalue weighted by molar-refractivity contribution is -0.137. The number of thiazole rings is 1. The fraction of sp³-hybridized carbons (Fsp3) is 0.214. The Morgan fingerprint density at radius 1 is 1.00 bits per heavy atom. The predicted molar refractivity (Wildman–Crippen MR) is 152 cm³/mol. The first-order chi connectivity index (χ1) is 19.5. The van der Waals surface area contributed by atoms with Crippen molar-refractivity contribution in [3.05, 3.63) is 96.6 Å². The van der Waals surface area contributed by atoms with Gasteiger partial charge in [-0.3, -0.25) is 23.7 Å². The maximum atomic E-state index is 13.8. The average molecular weight is 616 g/mol. The van der Waals surface area contributed by atoms with Crippen molar-refractivity contribution in [3.63, 3.8) is 0 Å². The second kappa shape index (κ2) is 10.3. The molecule has 0 unspecified atom stereocenters. The molecule has 0 saturated carbocycles. The number of hydrogen-bond donors (Lipinski definition) is 1. The smallest absolute Gasteiger partial charge is 0.325 e. The number of benzene rings is 2. The van der Waals surface area contributed by atoms with Crippen LogP contribution in [0.25, 0.3) is 0 Å². The highest BCUT2D eigenvalue weighted by molar-refractivity contribution is 8.00. The number of anilines is 2. The Morgan fingerprint density at radius 2 is 1.76 bits per heavy atom. The van der Waals surface area contributed by atoms with E-state index in [1.54, 1.807) is 24.3 Å². The molecule has 2 aliphatic rings. The largest absolute Gasteiger partial charge is 0.416 e. The molecule has 0 aliphatic carbocycles. The number of aryl methyl sites for hydroxylation is 1. The van der Waals surface area contributed by atoms with Crippen LogP contribution in [0.3, 0.4) is 0 Å². The minimum atomic E-state index is -4.65. The van der Waals surface area contributed by atoms with Crippen molar-refractivity contribution in [2.45, 2.75) is 35.8 Å². The molecule has 41 heavy (non-hydrogen) atoms. The number of fused-ring (bicyclic) bond motifs is 2. The molecule has 6 rings (SSSR count). The third kappa shape index (κ3) is 4.91. The summed E-state index contributed by atoms with van der Waals surface area (Å²) < 4.78 is 41.6. The molecule has 4 heterocycles. The number of alkyl halides is 3. The first-order valence-electron chi connectivity index (χ1n) is 12.4. The van der Waals surface area contributed by atoms with E-state index in [0.717, 1.165) is 56.6 Å². The van der Waals surface area contributed by atoms with Crippen LogP contribution in [0.15, 0.2) is 75.9 Å². The van der Waals surface area contributed by atoms with Crippen LogP contribution < -0.4 is 15.1 Å². The molecule has 1 N–H and O–H groups in total. The average Bonchev–Trinajstić information content (AvgIpc) is 3.62. The van der Waals surface area contributed by atoms with E-state index < -0.39 is 51.4 Å². The summed E-state index contributed by atoms with van der Waals surface area (Å²) in [4.78, 5) is 55.3. The van der Waals surface area contributed by atoms with Crippen LogP contribution in [-0.2, 0) is 27.1 Å². The third-order valence-electron chi connectivity index (χ3n) is 6.97. The monoisotopic (exact) mass is 615 g/mol. The summed E-state index contributed by atoms with van der Waals surface area (Å²) in [6.07, 6.45) is -4.65. The van der Waals surface area contributed by atoms with Crippen molar-refractivity contribution in [1.29, 1.82) is 0 Å². The first kappa shape index (κ1) is 27.5. The van der Waals surface area contributed by atoms with Crippen molar-refractivity contribution in [2.75, 3.05) is 10.2 Å². The highest BCUT2D eigenvalue weighted by atomic mass is 32.2. The molecule has 1 fully saturated rings. The summed E-state index contributed by atoms with van der Waals surface area (Å²) in [5.74, 6) is -3.32. The summed E-state index contributed by atoms with van der Waals surface area (Å²) in [5.41, 5.74) is 0.454. The number of hydrogen-bond acceptors (Lipinski definition) is 7. The van der Waals surface area contributed by atoms with Gasteiger partial charge in [-0.2, -0.15) is 13.2 Å². The number of nitrogens with zero attached hydrogens (tertiary/aromatic N) is 2. The van der Waals surface area contributed by atoms with Crippen LogP contribution >= 0.6 is 34.4 Å². The number of thiophene rings is 1. The maximum Gasteiger partial charge on any atom is 0.416 e. The lowest BCUT2D eigenvalue weighted by Crippen LogP contribution is -2.32. The van der Waals surface area contributed by atoms with Crippen molar-refractivity contribution >= 4 is 63.5 Å². The van der Waals surface area contributed by atoms with Gasteiger partial charge in [0.25, 0.3) is 0 Å². The van der Waals surface area contributed by atoms with Gasteiger partial charge in [0.15, 0.2) is 0 Å². The topological polar surface area (TPSA) is 88.5 Å². The summed E-state index contributed by atoms with van der Waals surface area (Å²) in [6, 6.07) is 14.9. The summed E-state index contributed by atoms with van der Waals surface area (Å²) in [6.45, 7) is 1.61. The van der Waals surface area contributed by atoms with Crippen molar-refractivity contribution in [3.8, 4) is 0 Å². The van der Waals surface area contributed by atoms with Gasteiger partial charge in [-0.15, -0.1) is 11.3 Å². The van der Waals surface area contributed by atoms with E-state index >= 15 is 0 Å². The van der Waals surface area contributed by atoms with Gasteiger partial charge in [0.05, 0.1) is 22.2 Å². The number of carbonyl (C=O) groups excluding carboxylic acids is 3. The van der Waals surface area contributed by atoms with E-state index in [9.17, 15) is 32.3 Å². The lowest BCUT2D eigenvalue weighted by Gasteiger charge is -2.29. The van der Waals surface area contributed by atoms with Crippen molar-refractivity contribution in [1.82, 2.24) is 4.57 Å². The third-order valence-corrected chi connectivity index (χ3v) is 10.5. The molecule has 1 saturated heterocycles. The Morgan fingerprint density at radius 3 is 2.44 bits per heavy atom. The molecule has 0 bridgehead atoms. The molecule has 210 valence electrons. The number of thioether (sulfide) groups is 1. The minimum absolute atomic E-state index is 0.159. The zero-order chi connectivity index (χ0) is 29.1. The first-order valence-corrected chi connectivity index (χ1v) is 15.0. The summed E-state index contributed by atoms with van der Waals surface area (Å²) in [5, 5.41) is 4.00. The van der Waals surface area contributed by atoms with E-state index in [1.807, 2.05) is 24.4 Å². The Hall–Kier alpha value is -3.68. The highest BCUT2D eigenvalue weighted by Crippen LogP contribution is 2.54. The van der Waals surface area contributed by atoms with Gasteiger partial charge in [0.1, 0.15) is 11.8 Å². The van der Waals surface area contributed by atoms with Crippen LogP contribution in [0.5, 0.6) is 0 Å². The maximum absolute atomic E-state index is 13.8. The molecule has 13 heteroatoms. The normalized spacial score (nSPS) is 20.2. The van der Waals surface area contributed by atoms with E-state index in [4.69, 9.17) is 0 Å². The van der Waals surface area contributed by atoms with Crippen LogP contribution in [0.2, 0.25) is 0 Å². The zero-order valence-electron chi connectivity index (χ0n) is 21.2. The number of nitrogens with one attached hydrogen (secondary N) is 1. The van der Waals surface area contributed by atoms with Crippen LogP contribution in [-0.4, -0.2) is 27.5 Å². The van der Waals surface area contributed by atoms with E-state index in [1.165, 1.54) is 22.0 Å². The number of imide groups is 1. The van der Waals surface area contributed by atoms with E-state index in [0.29, 0.717) is 15.6 Å². The number of amides is 3. The number of halogens is 3. The molecule has 7 nitrogen and oxygen atoms in total. The Labute approximate surface area is 243 Å². The zero-order valence-corrected chi connectivity index (χ0v) is 23.6. The van der Waals surface area contributed by atoms with Gasteiger partial charge in [-0.25, -0.2) is 4.90 Å². The number of carbonyl (C=O) groups is 3. The van der Waals surface area contributed by atoms with Gasteiger partial charge in [-0.1, -0.05) is 52.9 Å². The Kier molecular flexibility index (Phi) is 6.91. The number of rotatable bonds is 5. The van der Waals surface area contributed by atoms with Gasteiger partial charge in [0, 0.05) is 21.4 Å². The standard InChI is InChI=1S/C28H20F3N3O4S3/c1-14-7-9-16(10-8-14)32-19(35)13-33-26-23(41-27(33)38)20(18-6-3-11-39-18)21-22(40-26)25(37)34(24(21)36)17-5-2-4-15(12-17)28(29,30)31/h2-12,20-22H,13H2,1H3,(H,32,35)/t20-,21+,22-/m0/s1. The van der Waals surface area contributed by atoms with Gasteiger partial charge < -0.3 is 5.32 Å². The molecular weight excluding hydrogens is 596 g/mol. The summed E-state index contributed by atoms with van der Waals surface area (Å²) >= 11 is 3.28. The van der Waals surface area contributed by atoms with Gasteiger partial charge in [0.2, 0.25) is 17.7 Å². The fourth-order valence-corrected chi connectivity index (χ4v) is 8.81. The summed E-state index contributed by atoms with van der Waals surface area (Å²) in [7, 11) is 0. The molecule has 3 atom stereocenters. The van der Waals surface area contributed by atoms with Crippen LogP contribution in [0, 0.1) is 12.8 Å². The quantitative estimate of drug-likeness (QED) is 0.290. The Balaban J connectivity index is 1.38. The molecular formula is C28H20F3N3O4S3. The molecule has 0 radical (unpaired) electrons. The molecule has 3 amide bonds. The molecule has 0 spiro atoms. The Bertz CT molecular complexity index is 1730. The lowest BCUT2D eigenvalue weighted by atomic mass is 9.87. The second-order valence-corrected chi connectivity index (χ2v) is 12.8. The van der Waals surface area contributed by atoms with Crippen LogP contribution in [0.1, 0.15) is 26.8 Å². The number of aromatic nitrogens is 1. The van der Waals surface area contributed by atoms with E-state index in [2.05, 4.69) is 5.32 Å². The SMILES string of the molecule is Cc1ccc(NC(=O)Cn2c3c(sc2=O)[C@@H](c2cccs2)[C@H]2C(=O)N(c4cccc(C(F)(F)F)c4)C(=O)[C@H]2S3)cc1. The molecule has 4 aromatic rings. The molecule has 2 aromatic carbocycles.